The number of ether oxygens (including phenoxy) is 1. The number of nitro benzene ring substituents is 1. The van der Waals surface area contributed by atoms with Gasteiger partial charge in [0.2, 0.25) is 0 Å². The molecule has 0 bridgehead atoms. The van der Waals surface area contributed by atoms with E-state index in [9.17, 15) is 14.9 Å². The van der Waals surface area contributed by atoms with Gasteiger partial charge < -0.3 is 4.74 Å². The van der Waals surface area contributed by atoms with Crippen molar-refractivity contribution >= 4 is 17.5 Å². The van der Waals surface area contributed by atoms with Gasteiger partial charge in [0.05, 0.1) is 11.5 Å². The molecule has 2 aromatic carbocycles. The van der Waals surface area contributed by atoms with Gasteiger partial charge in [-0.1, -0.05) is 18.2 Å². The third-order valence-electron chi connectivity index (χ3n) is 3.31. The highest BCUT2D eigenvalue weighted by Crippen LogP contribution is 2.20. The smallest absolute Gasteiger partial charge is 0.272 e. The number of allylic oxidation sites excluding steroid dienone is 1. The first-order chi connectivity index (χ1) is 11.0. The van der Waals surface area contributed by atoms with Crippen molar-refractivity contribution in [3.63, 3.8) is 0 Å². The molecule has 2 rings (SSSR count). The summed E-state index contributed by atoms with van der Waals surface area (Å²) in [5.41, 5.74) is 1.78. The van der Waals surface area contributed by atoms with Gasteiger partial charge in [-0.25, -0.2) is 0 Å². The fraction of sp³-hybridized carbons (Fsp3) is 0.167. The van der Waals surface area contributed by atoms with E-state index >= 15 is 0 Å². The van der Waals surface area contributed by atoms with Crippen LogP contribution in [0.15, 0.2) is 48.5 Å². The molecule has 0 unspecified atom stereocenters. The molecule has 23 heavy (non-hydrogen) atoms. The van der Waals surface area contributed by atoms with Crippen molar-refractivity contribution in [1.29, 1.82) is 0 Å². The predicted octanol–water partition coefficient (Wildman–Crippen LogP) is 4.20. The van der Waals surface area contributed by atoms with E-state index in [-0.39, 0.29) is 11.5 Å². The third kappa shape index (κ3) is 4.26. The second kappa shape index (κ2) is 7.35. The number of nitrogens with zero attached hydrogens (tertiary/aromatic N) is 1. The maximum Gasteiger partial charge on any atom is 0.272 e. The molecule has 118 valence electrons. The Morgan fingerprint density at radius 3 is 2.52 bits per heavy atom. The van der Waals surface area contributed by atoms with Crippen molar-refractivity contribution in [2.75, 3.05) is 6.61 Å². The molecule has 0 aliphatic rings. The van der Waals surface area contributed by atoms with Gasteiger partial charge in [-0.3, -0.25) is 14.9 Å². The number of ketones is 1. The first-order valence-electron chi connectivity index (χ1n) is 7.21. The second-order valence-corrected chi connectivity index (χ2v) is 4.96. The maximum atomic E-state index is 12.1. The predicted molar refractivity (Wildman–Crippen MR) is 88.8 cm³/mol. The Morgan fingerprint density at radius 1 is 1.22 bits per heavy atom. The van der Waals surface area contributed by atoms with Gasteiger partial charge >= 0.3 is 0 Å². The number of benzene rings is 2. The van der Waals surface area contributed by atoms with E-state index in [1.54, 1.807) is 49.4 Å². The highest BCUT2D eigenvalue weighted by Gasteiger charge is 2.10. The number of carbonyl (C=O) groups is 1. The lowest BCUT2D eigenvalue weighted by molar-refractivity contribution is -0.385. The van der Waals surface area contributed by atoms with Crippen molar-refractivity contribution in [2.45, 2.75) is 13.8 Å². The SMILES string of the molecule is CCOc1ccc(C(=O)/C=C/c2ccc(C)c([N+](=O)[O-])c2)cc1. The summed E-state index contributed by atoms with van der Waals surface area (Å²) in [7, 11) is 0. The molecule has 2 aromatic rings. The van der Waals surface area contributed by atoms with Gasteiger partial charge in [0.25, 0.3) is 5.69 Å². The standard InChI is InChI=1S/C18H17NO4/c1-3-23-16-9-7-15(8-10-16)18(20)11-6-14-5-4-13(2)17(12-14)19(21)22/h4-12H,3H2,1-2H3/b11-6+. The van der Waals surface area contributed by atoms with Gasteiger partial charge in [0, 0.05) is 17.2 Å². The normalized spacial score (nSPS) is 10.7. The summed E-state index contributed by atoms with van der Waals surface area (Å²) in [5, 5.41) is 10.9. The van der Waals surface area contributed by atoms with E-state index in [0.29, 0.717) is 29.0 Å². The summed E-state index contributed by atoms with van der Waals surface area (Å²) in [6, 6.07) is 11.7. The summed E-state index contributed by atoms with van der Waals surface area (Å²) in [6.07, 6.45) is 2.98. The Labute approximate surface area is 134 Å². The zero-order valence-electron chi connectivity index (χ0n) is 13.0. The number of hydrogen-bond acceptors (Lipinski definition) is 4. The lowest BCUT2D eigenvalue weighted by Crippen LogP contribution is -1.96. The Balaban J connectivity index is 2.14. The third-order valence-corrected chi connectivity index (χ3v) is 3.31. The summed E-state index contributed by atoms with van der Waals surface area (Å²) in [5.74, 6) is 0.540. The molecular formula is C18H17NO4. The zero-order chi connectivity index (χ0) is 16.8. The maximum absolute atomic E-state index is 12.1. The Hall–Kier alpha value is -2.95. The molecule has 0 aliphatic heterocycles. The summed E-state index contributed by atoms with van der Waals surface area (Å²) < 4.78 is 5.32. The van der Waals surface area contributed by atoms with Crippen LogP contribution in [-0.2, 0) is 0 Å². The van der Waals surface area contributed by atoms with Crippen molar-refractivity contribution in [1.82, 2.24) is 0 Å². The van der Waals surface area contributed by atoms with Crippen LogP contribution in [0.1, 0.15) is 28.4 Å². The number of nitro groups is 1. The molecule has 0 aromatic heterocycles. The fourth-order valence-electron chi connectivity index (χ4n) is 2.08. The van der Waals surface area contributed by atoms with Crippen LogP contribution in [0, 0.1) is 17.0 Å². The van der Waals surface area contributed by atoms with Crippen molar-refractivity contribution < 1.29 is 14.5 Å². The molecule has 0 N–H and O–H groups in total. The topological polar surface area (TPSA) is 69.4 Å². The van der Waals surface area contributed by atoms with E-state index in [2.05, 4.69) is 0 Å². The quantitative estimate of drug-likeness (QED) is 0.347. The van der Waals surface area contributed by atoms with Crippen LogP contribution in [0.4, 0.5) is 5.69 Å². The first-order valence-corrected chi connectivity index (χ1v) is 7.21. The summed E-state index contributed by atoms with van der Waals surface area (Å²) in [4.78, 5) is 22.6. The minimum absolute atomic E-state index is 0.0423. The molecule has 5 nitrogen and oxygen atoms in total. The molecule has 5 heteroatoms. The van der Waals surface area contributed by atoms with Crippen molar-refractivity contribution in [3.05, 3.63) is 75.3 Å². The van der Waals surface area contributed by atoms with Gasteiger partial charge in [0.1, 0.15) is 5.75 Å². The number of hydrogen-bond donors (Lipinski definition) is 0. The van der Waals surface area contributed by atoms with Crippen molar-refractivity contribution in [2.24, 2.45) is 0 Å². The largest absolute Gasteiger partial charge is 0.494 e. The molecule has 0 heterocycles. The van der Waals surface area contributed by atoms with Gasteiger partial charge in [-0.05, 0) is 49.8 Å². The van der Waals surface area contributed by atoms with E-state index in [0.717, 1.165) is 0 Å². The van der Waals surface area contributed by atoms with E-state index in [1.807, 2.05) is 6.92 Å². The fourth-order valence-corrected chi connectivity index (χ4v) is 2.08. The molecule has 0 atom stereocenters. The number of aryl methyl sites for hydroxylation is 1. The molecule has 0 saturated heterocycles. The molecule has 0 radical (unpaired) electrons. The average molecular weight is 311 g/mol. The highest BCUT2D eigenvalue weighted by molar-refractivity contribution is 6.06. The molecule has 0 saturated carbocycles. The van der Waals surface area contributed by atoms with Crippen LogP contribution < -0.4 is 4.74 Å². The number of carbonyl (C=O) groups excluding carboxylic acids is 1. The van der Waals surface area contributed by atoms with Crippen LogP contribution in [0.5, 0.6) is 5.75 Å². The average Bonchev–Trinajstić information content (AvgIpc) is 2.54. The van der Waals surface area contributed by atoms with Crippen LogP contribution in [-0.4, -0.2) is 17.3 Å². The van der Waals surface area contributed by atoms with Crippen LogP contribution in [0.3, 0.4) is 0 Å². The monoisotopic (exact) mass is 311 g/mol. The lowest BCUT2D eigenvalue weighted by atomic mass is 10.1. The van der Waals surface area contributed by atoms with Gasteiger partial charge in [-0.2, -0.15) is 0 Å². The molecule has 0 amide bonds. The summed E-state index contributed by atoms with van der Waals surface area (Å²) in [6.45, 7) is 4.14. The summed E-state index contributed by atoms with van der Waals surface area (Å²) >= 11 is 0. The lowest BCUT2D eigenvalue weighted by Gasteiger charge is -2.03. The molecule has 0 aliphatic carbocycles. The van der Waals surface area contributed by atoms with Crippen LogP contribution in [0.2, 0.25) is 0 Å². The van der Waals surface area contributed by atoms with Gasteiger partial charge in [0.15, 0.2) is 5.78 Å². The zero-order valence-corrected chi connectivity index (χ0v) is 13.0. The Bertz CT molecular complexity index is 748. The number of rotatable bonds is 6. The first kappa shape index (κ1) is 16.4. The minimum Gasteiger partial charge on any atom is -0.494 e. The van der Waals surface area contributed by atoms with Crippen LogP contribution >= 0.6 is 0 Å². The highest BCUT2D eigenvalue weighted by atomic mass is 16.6. The minimum atomic E-state index is -0.430. The van der Waals surface area contributed by atoms with E-state index in [4.69, 9.17) is 4.74 Å². The van der Waals surface area contributed by atoms with E-state index < -0.39 is 4.92 Å². The Morgan fingerprint density at radius 2 is 1.91 bits per heavy atom. The van der Waals surface area contributed by atoms with Crippen molar-refractivity contribution in [3.8, 4) is 5.75 Å². The van der Waals surface area contributed by atoms with Crippen LogP contribution in [0.25, 0.3) is 6.08 Å². The molecule has 0 spiro atoms. The Kier molecular flexibility index (Phi) is 5.25. The van der Waals surface area contributed by atoms with E-state index in [1.165, 1.54) is 12.1 Å². The second-order valence-electron chi connectivity index (χ2n) is 4.96. The molecule has 0 fully saturated rings. The van der Waals surface area contributed by atoms with Gasteiger partial charge in [-0.15, -0.1) is 0 Å². The molecular weight excluding hydrogens is 294 g/mol.